The first kappa shape index (κ1) is 50.6. The van der Waals surface area contributed by atoms with Crippen molar-refractivity contribution in [1.29, 1.82) is 0 Å². The highest BCUT2D eigenvalue weighted by Crippen LogP contribution is 2.29. The predicted molar refractivity (Wildman–Crippen MR) is 256 cm³/mol. The molecule has 1 aliphatic rings. The van der Waals surface area contributed by atoms with Crippen molar-refractivity contribution in [2.24, 2.45) is 11.8 Å². The number of Topliss-reactive ketones (excluding diaryl/α,β-unsaturated/α-hetero) is 2. The van der Waals surface area contributed by atoms with Crippen molar-refractivity contribution in [3.8, 4) is 0 Å². The van der Waals surface area contributed by atoms with Crippen LogP contribution in [0.25, 0.3) is 0 Å². The number of allylic oxidation sites excluding steroid dienone is 16. The number of rotatable bonds is 28. The van der Waals surface area contributed by atoms with Gasteiger partial charge >= 0.3 is 0 Å². The summed E-state index contributed by atoms with van der Waals surface area (Å²) in [7, 11) is 0. The van der Waals surface area contributed by atoms with Crippen LogP contribution in [0.2, 0.25) is 0 Å². The normalized spacial score (nSPS) is 15.9. The van der Waals surface area contributed by atoms with Gasteiger partial charge in [0.15, 0.2) is 11.6 Å². The fourth-order valence-corrected chi connectivity index (χ4v) is 7.91. The first-order valence-electron chi connectivity index (χ1n) is 23.1. The van der Waals surface area contributed by atoms with Crippen molar-refractivity contribution in [3.05, 3.63) is 128 Å². The lowest BCUT2D eigenvalue weighted by Crippen LogP contribution is -2.20. The van der Waals surface area contributed by atoms with Crippen LogP contribution in [-0.2, 0) is 0 Å². The molecule has 2 atom stereocenters. The first-order valence-corrected chi connectivity index (χ1v) is 23.1. The third-order valence-corrected chi connectivity index (χ3v) is 12.2. The van der Waals surface area contributed by atoms with E-state index in [4.69, 9.17) is 0 Å². The van der Waals surface area contributed by atoms with E-state index >= 15 is 0 Å². The summed E-state index contributed by atoms with van der Waals surface area (Å²) < 4.78 is 0. The minimum Gasteiger partial charge on any atom is -0.289 e. The zero-order valence-electron chi connectivity index (χ0n) is 39.3. The summed E-state index contributed by atoms with van der Waals surface area (Å²) in [5, 5.41) is 0. The maximum Gasteiger partial charge on any atom is 0.190 e. The van der Waals surface area contributed by atoms with E-state index in [0.717, 1.165) is 43.9 Å². The van der Waals surface area contributed by atoms with E-state index in [0.29, 0.717) is 28.7 Å². The second kappa shape index (κ2) is 28.8. The Kier molecular flexibility index (Phi) is 25.2. The third-order valence-electron chi connectivity index (χ3n) is 12.2. The molecule has 1 aromatic rings. The van der Waals surface area contributed by atoms with Gasteiger partial charge in [-0.2, -0.15) is 0 Å². The van der Waals surface area contributed by atoms with E-state index < -0.39 is 0 Å². The Balaban J connectivity index is 1.54. The first-order chi connectivity index (χ1) is 27.7. The standard InChI is InChI=1S/C56H84O2/c1-42(2)22-14-23-43(3)24-15-25-44(4)26-16-27-45(5)28-17-29-46(6)30-18-31-47(7)32-19-33-48(8)34-20-35-49(9)36-21-37-50(10)40-41-52-51(11)55(57)53-38-12-13-39-54(53)56(52)58/h12-13,22,24,26,28,30,32,38-40,48-49H,14-21,23,25,27,29,31,33-37,41H2,1-11H3/b43-24-,44-26-,45-28-,46-30-,47-32-,50-40-. The highest BCUT2D eigenvalue weighted by Gasteiger charge is 2.28. The fourth-order valence-electron chi connectivity index (χ4n) is 7.91. The van der Waals surface area contributed by atoms with Crippen LogP contribution in [0.5, 0.6) is 0 Å². The summed E-state index contributed by atoms with van der Waals surface area (Å²) in [6, 6.07) is 7.20. The van der Waals surface area contributed by atoms with E-state index in [-0.39, 0.29) is 11.6 Å². The SMILES string of the molecule is CC(C)=CCC/C(C)=C\CC/C(C)=C\CC/C(C)=C\CC/C(C)=C\CC/C(C)=C\CCC(C)CCCC(C)CCC/C(C)=C\CC1=C(C)C(=O)c2ccccc2C1=O. The monoisotopic (exact) mass is 789 g/mol. The van der Waals surface area contributed by atoms with Crippen LogP contribution in [0, 0.1) is 11.8 Å². The van der Waals surface area contributed by atoms with Crippen LogP contribution < -0.4 is 0 Å². The molecule has 1 aliphatic carbocycles. The van der Waals surface area contributed by atoms with Crippen LogP contribution in [0.4, 0.5) is 0 Å². The molecule has 0 amide bonds. The zero-order valence-corrected chi connectivity index (χ0v) is 39.3. The molecule has 0 heterocycles. The Hall–Kier alpha value is -3.52. The van der Waals surface area contributed by atoms with Crippen LogP contribution in [0.3, 0.4) is 0 Å². The van der Waals surface area contributed by atoms with E-state index in [1.807, 2.05) is 12.1 Å². The molecule has 2 unspecified atom stereocenters. The molecule has 2 rings (SSSR count). The fraction of sp³-hybridized carbons (Fsp3) is 0.571. The lowest BCUT2D eigenvalue weighted by atomic mass is 9.83. The van der Waals surface area contributed by atoms with Gasteiger partial charge in [-0.25, -0.2) is 0 Å². The molecule has 2 heteroatoms. The molecular formula is C56H84O2. The van der Waals surface area contributed by atoms with Gasteiger partial charge in [0.1, 0.15) is 0 Å². The van der Waals surface area contributed by atoms with Gasteiger partial charge in [0, 0.05) is 22.3 Å². The third kappa shape index (κ3) is 21.5. The molecule has 1 aromatic carbocycles. The second-order valence-corrected chi connectivity index (χ2v) is 18.4. The number of hydrogen-bond donors (Lipinski definition) is 0. The molecule has 0 aromatic heterocycles. The molecule has 320 valence electrons. The second-order valence-electron chi connectivity index (χ2n) is 18.4. The Labute approximate surface area is 357 Å². The minimum absolute atomic E-state index is 0.00873. The zero-order chi connectivity index (χ0) is 42.9. The van der Waals surface area contributed by atoms with E-state index in [1.165, 1.54) is 122 Å². The maximum absolute atomic E-state index is 13.1. The molecule has 58 heavy (non-hydrogen) atoms. The Bertz CT molecular complexity index is 1690. The summed E-state index contributed by atoms with van der Waals surface area (Å²) in [5.74, 6) is 1.52. The van der Waals surface area contributed by atoms with Crippen LogP contribution in [-0.4, -0.2) is 11.6 Å². The van der Waals surface area contributed by atoms with Gasteiger partial charge in [-0.3, -0.25) is 9.59 Å². The average Bonchev–Trinajstić information content (AvgIpc) is 3.17. The summed E-state index contributed by atoms with van der Waals surface area (Å²) in [6.07, 6.45) is 38.9. The quantitative estimate of drug-likeness (QED) is 0.0793. The number of fused-ring (bicyclic) bond motifs is 1. The molecule has 0 N–H and O–H groups in total. The number of carbonyl (C=O) groups is 2. The summed E-state index contributed by atoms with van der Waals surface area (Å²) in [6.45, 7) is 24.6. The molecule has 0 bridgehead atoms. The molecule has 0 saturated carbocycles. The van der Waals surface area contributed by atoms with Crippen molar-refractivity contribution >= 4 is 11.6 Å². The van der Waals surface area contributed by atoms with Crippen molar-refractivity contribution in [2.45, 2.75) is 198 Å². The molecule has 2 nitrogen and oxygen atoms in total. The summed E-state index contributed by atoms with van der Waals surface area (Å²) in [4.78, 5) is 25.8. The summed E-state index contributed by atoms with van der Waals surface area (Å²) in [5.41, 5.74) is 12.7. The highest BCUT2D eigenvalue weighted by molar-refractivity contribution is 6.26. The topological polar surface area (TPSA) is 34.1 Å². The number of benzene rings is 1. The predicted octanol–water partition coefficient (Wildman–Crippen LogP) is 17.7. The van der Waals surface area contributed by atoms with Gasteiger partial charge in [-0.1, -0.05) is 145 Å². The van der Waals surface area contributed by atoms with Crippen molar-refractivity contribution in [2.75, 3.05) is 0 Å². The summed E-state index contributed by atoms with van der Waals surface area (Å²) >= 11 is 0. The van der Waals surface area contributed by atoms with Gasteiger partial charge in [0.05, 0.1) is 0 Å². The molecule has 0 aliphatic heterocycles. The Morgan fingerprint density at radius 1 is 0.466 bits per heavy atom. The molecule has 0 fully saturated rings. The minimum atomic E-state index is -0.00895. The number of carbonyl (C=O) groups excluding carboxylic acids is 2. The molecule has 0 spiro atoms. The van der Waals surface area contributed by atoms with E-state index in [9.17, 15) is 9.59 Å². The smallest absolute Gasteiger partial charge is 0.190 e. The number of ketones is 2. The van der Waals surface area contributed by atoms with Gasteiger partial charge in [0.25, 0.3) is 0 Å². The largest absolute Gasteiger partial charge is 0.289 e. The molecule has 0 saturated heterocycles. The van der Waals surface area contributed by atoms with Gasteiger partial charge in [-0.05, 0) is 170 Å². The Morgan fingerprint density at radius 3 is 1.31 bits per heavy atom. The molecule has 0 radical (unpaired) electrons. The van der Waals surface area contributed by atoms with Crippen LogP contribution in [0.1, 0.15) is 219 Å². The van der Waals surface area contributed by atoms with E-state index in [1.54, 1.807) is 19.1 Å². The lowest BCUT2D eigenvalue weighted by Gasteiger charge is -2.18. The molecular weight excluding hydrogens is 705 g/mol. The Morgan fingerprint density at radius 2 is 0.845 bits per heavy atom. The van der Waals surface area contributed by atoms with E-state index in [2.05, 4.69) is 112 Å². The van der Waals surface area contributed by atoms with Crippen molar-refractivity contribution in [1.82, 2.24) is 0 Å². The van der Waals surface area contributed by atoms with Gasteiger partial charge in [0.2, 0.25) is 0 Å². The lowest BCUT2D eigenvalue weighted by molar-refractivity contribution is 0.0973. The van der Waals surface area contributed by atoms with Crippen molar-refractivity contribution in [3.63, 3.8) is 0 Å². The van der Waals surface area contributed by atoms with Gasteiger partial charge in [-0.15, -0.1) is 0 Å². The highest BCUT2D eigenvalue weighted by atomic mass is 16.1. The maximum atomic E-state index is 13.1. The van der Waals surface area contributed by atoms with Gasteiger partial charge < -0.3 is 0 Å². The van der Waals surface area contributed by atoms with Crippen molar-refractivity contribution < 1.29 is 9.59 Å². The number of hydrogen-bond acceptors (Lipinski definition) is 2. The average molecular weight is 789 g/mol. The van der Waals surface area contributed by atoms with Crippen LogP contribution in [0.15, 0.2) is 117 Å². The van der Waals surface area contributed by atoms with Crippen LogP contribution >= 0.6 is 0 Å².